The molecule has 0 unspecified atom stereocenters. The Kier molecular flexibility index (Phi) is 4.74. The van der Waals surface area contributed by atoms with Gasteiger partial charge in [0.25, 0.3) is 0 Å². The number of hydrogen-bond acceptors (Lipinski definition) is 3. The monoisotopic (exact) mass is 303 g/mol. The standard InChI is InChI=1S/C19H29NO2/c1-15-7-8-18(16(2)13-15)22-14-19(21-3)9-11-20(12-10-19)17-5-4-6-17/h7-8,13,17H,4-6,9-12,14H2,1-3H3. The maximum atomic E-state index is 6.12. The highest BCUT2D eigenvalue weighted by atomic mass is 16.5. The third-order valence-electron chi connectivity index (χ3n) is 5.55. The van der Waals surface area contributed by atoms with E-state index < -0.39 is 0 Å². The summed E-state index contributed by atoms with van der Waals surface area (Å²) in [7, 11) is 1.84. The molecule has 0 N–H and O–H groups in total. The average Bonchev–Trinajstić information content (AvgIpc) is 2.46. The largest absolute Gasteiger partial charge is 0.490 e. The Morgan fingerprint density at radius 3 is 2.45 bits per heavy atom. The summed E-state index contributed by atoms with van der Waals surface area (Å²) in [5.41, 5.74) is 2.37. The van der Waals surface area contributed by atoms with Gasteiger partial charge < -0.3 is 14.4 Å². The summed E-state index contributed by atoms with van der Waals surface area (Å²) in [4.78, 5) is 2.65. The fourth-order valence-corrected chi connectivity index (χ4v) is 3.63. The molecular weight excluding hydrogens is 274 g/mol. The number of aryl methyl sites for hydroxylation is 2. The summed E-state index contributed by atoms with van der Waals surface area (Å²) in [6, 6.07) is 7.21. The van der Waals surface area contributed by atoms with E-state index in [-0.39, 0.29) is 5.60 Å². The number of likely N-dealkylation sites (tertiary alicyclic amines) is 1. The fourth-order valence-electron chi connectivity index (χ4n) is 3.63. The molecule has 3 heteroatoms. The van der Waals surface area contributed by atoms with Gasteiger partial charge in [0.05, 0.1) is 0 Å². The molecule has 0 radical (unpaired) electrons. The molecule has 3 rings (SSSR count). The Bertz CT molecular complexity index is 502. The third kappa shape index (κ3) is 3.31. The van der Waals surface area contributed by atoms with Gasteiger partial charge in [0.15, 0.2) is 0 Å². The number of nitrogens with zero attached hydrogens (tertiary/aromatic N) is 1. The highest BCUT2D eigenvalue weighted by Crippen LogP contribution is 2.33. The van der Waals surface area contributed by atoms with Gasteiger partial charge >= 0.3 is 0 Å². The third-order valence-corrected chi connectivity index (χ3v) is 5.55. The van der Waals surface area contributed by atoms with E-state index in [0.29, 0.717) is 6.61 Å². The molecule has 122 valence electrons. The minimum absolute atomic E-state index is 0.114. The van der Waals surface area contributed by atoms with Crippen LogP contribution >= 0.6 is 0 Å². The number of benzene rings is 1. The summed E-state index contributed by atoms with van der Waals surface area (Å²) < 4.78 is 12.0. The van der Waals surface area contributed by atoms with Crippen molar-refractivity contribution in [2.24, 2.45) is 0 Å². The van der Waals surface area contributed by atoms with Crippen molar-refractivity contribution in [3.05, 3.63) is 29.3 Å². The Balaban J connectivity index is 1.57. The molecule has 0 atom stereocenters. The lowest BCUT2D eigenvalue weighted by Gasteiger charge is -2.46. The Hall–Kier alpha value is -1.06. The van der Waals surface area contributed by atoms with E-state index in [1.165, 1.54) is 30.4 Å². The van der Waals surface area contributed by atoms with Crippen LogP contribution in [0.1, 0.15) is 43.2 Å². The lowest BCUT2D eigenvalue weighted by Crippen LogP contribution is -2.53. The zero-order valence-electron chi connectivity index (χ0n) is 14.2. The molecule has 0 spiro atoms. The first kappa shape index (κ1) is 15.8. The van der Waals surface area contributed by atoms with Gasteiger partial charge in [-0.25, -0.2) is 0 Å². The van der Waals surface area contributed by atoms with Crippen molar-refractivity contribution in [1.82, 2.24) is 4.90 Å². The fraction of sp³-hybridized carbons (Fsp3) is 0.684. The minimum atomic E-state index is -0.114. The first-order chi connectivity index (χ1) is 10.6. The van der Waals surface area contributed by atoms with Crippen molar-refractivity contribution in [1.29, 1.82) is 0 Å². The van der Waals surface area contributed by atoms with Gasteiger partial charge in [-0.3, -0.25) is 0 Å². The lowest BCUT2D eigenvalue weighted by atomic mass is 9.86. The smallest absolute Gasteiger partial charge is 0.122 e. The SMILES string of the molecule is COC1(COc2ccc(C)cc2C)CCN(C2CCC2)CC1. The molecule has 0 aromatic heterocycles. The minimum Gasteiger partial charge on any atom is -0.490 e. The van der Waals surface area contributed by atoms with Gasteiger partial charge in [0.1, 0.15) is 18.0 Å². The van der Waals surface area contributed by atoms with Crippen LogP contribution in [0.15, 0.2) is 18.2 Å². The molecule has 3 nitrogen and oxygen atoms in total. The second-order valence-corrected chi connectivity index (χ2v) is 7.07. The first-order valence-corrected chi connectivity index (χ1v) is 8.61. The molecule has 0 bridgehead atoms. The van der Waals surface area contributed by atoms with E-state index in [2.05, 4.69) is 36.9 Å². The molecule has 1 saturated carbocycles. The number of ether oxygens (including phenoxy) is 2. The normalized spacial score (nSPS) is 22.3. The zero-order chi connectivity index (χ0) is 15.6. The van der Waals surface area contributed by atoms with Crippen molar-refractivity contribution in [2.75, 3.05) is 26.8 Å². The van der Waals surface area contributed by atoms with E-state index >= 15 is 0 Å². The predicted octanol–water partition coefficient (Wildman–Crippen LogP) is 3.72. The quantitative estimate of drug-likeness (QED) is 0.827. The summed E-state index contributed by atoms with van der Waals surface area (Å²) in [6.45, 7) is 7.18. The lowest BCUT2D eigenvalue weighted by molar-refractivity contribution is -0.0923. The van der Waals surface area contributed by atoms with E-state index in [1.807, 2.05) is 7.11 Å². The van der Waals surface area contributed by atoms with Crippen molar-refractivity contribution in [2.45, 2.75) is 57.6 Å². The van der Waals surface area contributed by atoms with Crippen LogP contribution in [-0.2, 0) is 4.74 Å². The molecule has 1 aliphatic carbocycles. The van der Waals surface area contributed by atoms with Crippen LogP contribution in [-0.4, -0.2) is 43.3 Å². The van der Waals surface area contributed by atoms with E-state index in [4.69, 9.17) is 9.47 Å². The summed E-state index contributed by atoms with van der Waals surface area (Å²) in [5.74, 6) is 0.989. The van der Waals surface area contributed by atoms with Gasteiger partial charge in [-0.2, -0.15) is 0 Å². The van der Waals surface area contributed by atoms with Crippen molar-refractivity contribution in [3.63, 3.8) is 0 Å². The van der Waals surface area contributed by atoms with E-state index in [1.54, 1.807) is 0 Å². The number of hydrogen-bond donors (Lipinski definition) is 0. The zero-order valence-corrected chi connectivity index (χ0v) is 14.2. The molecule has 1 aromatic rings. The molecule has 1 saturated heterocycles. The van der Waals surface area contributed by atoms with Crippen LogP contribution in [0.3, 0.4) is 0 Å². The maximum absolute atomic E-state index is 6.12. The molecule has 1 aromatic carbocycles. The summed E-state index contributed by atoms with van der Waals surface area (Å²) in [6.07, 6.45) is 6.33. The van der Waals surface area contributed by atoms with Crippen molar-refractivity contribution >= 4 is 0 Å². The van der Waals surface area contributed by atoms with Gasteiger partial charge in [-0.15, -0.1) is 0 Å². The van der Waals surface area contributed by atoms with Crippen LogP contribution in [0, 0.1) is 13.8 Å². The number of rotatable bonds is 5. The molecule has 0 amide bonds. The molecule has 2 fully saturated rings. The van der Waals surface area contributed by atoms with Gasteiger partial charge in [0, 0.05) is 26.2 Å². The van der Waals surface area contributed by atoms with E-state index in [9.17, 15) is 0 Å². The topological polar surface area (TPSA) is 21.7 Å². The highest BCUT2D eigenvalue weighted by Gasteiger charge is 2.38. The number of methoxy groups -OCH3 is 1. The van der Waals surface area contributed by atoms with Gasteiger partial charge in [-0.1, -0.05) is 24.1 Å². The molecule has 22 heavy (non-hydrogen) atoms. The van der Waals surface area contributed by atoms with Crippen molar-refractivity contribution < 1.29 is 9.47 Å². The van der Waals surface area contributed by atoms with Gasteiger partial charge in [-0.05, 0) is 51.2 Å². The molecule has 1 heterocycles. The second-order valence-electron chi connectivity index (χ2n) is 7.07. The second kappa shape index (κ2) is 6.59. The first-order valence-electron chi connectivity index (χ1n) is 8.61. The Morgan fingerprint density at radius 1 is 1.18 bits per heavy atom. The summed E-state index contributed by atoms with van der Waals surface area (Å²) >= 11 is 0. The van der Waals surface area contributed by atoms with Crippen molar-refractivity contribution in [3.8, 4) is 5.75 Å². The Labute approximate surface area is 134 Å². The van der Waals surface area contributed by atoms with Crippen LogP contribution in [0.2, 0.25) is 0 Å². The maximum Gasteiger partial charge on any atom is 0.122 e. The molecule has 1 aliphatic heterocycles. The van der Waals surface area contributed by atoms with Crippen LogP contribution in [0.5, 0.6) is 5.75 Å². The van der Waals surface area contributed by atoms with Crippen LogP contribution in [0.25, 0.3) is 0 Å². The summed E-state index contributed by atoms with van der Waals surface area (Å²) in [5, 5.41) is 0. The number of piperidine rings is 1. The Morgan fingerprint density at radius 2 is 1.91 bits per heavy atom. The predicted molar refractivity (Wildman–Crippen MR) is 89.6 cm³/mol. The van der Waals surface area contributed by atoms with E-state index in [0.717, 1.165) is 37.7 Å². The average molecular weight is 303 g/mol. The van der Waals surface area contributed by atoms with Gasteiger partial charge in [0.2, 0.25) is 0 Å². The molecule has 2 aliphatic rings. The highest BCUT2D eigenvalue weighted by molar-refractivity contribution is 5.35. The molecular formula is C19H29NO2. The van der Waals surface area contributed by atoms with Crippen LogP contribution in [0.4, 0.5) is 0 Å². The van der Waals surface area contributed by atoms with Crippen LogP contribution < -0.4 is 4.74 Å².